The predicted octanol–water partition coefficient (Wildman–Crippen LogP) is 7.16. The molecule has 6 rings (SSSR count). The smallest absolute Gasteiger partial charge is 0.282 e. The summed E-state index contributed by atoms with van der Waals surface area (Å²) in [7, 11) is 0. The van der Waals surface area contributed by atoms with Crippen LogP contribution >= 0.6 is 0 Å². The summed E-state index contributed by atoms with van der Waals surface area (Å²) in [4.78, 5) is 24.6. The lowest BCUT2D eigenvalue weighted by molar-refractivity contribution is 0.0584. The lowest BCUT2D eigenvalue weighted by Gasteiger charge is -2.46. The average molecular weight is 662 g/mol. The number of nitrogens with one attached hydrogen (secondary N) is 1. The van der Waals surface area contributed by atoms with E-state index in [1.54, 1.807) is 11.0 Å². The van der Waals surface area contributed by atoms with Crippen molar-refractivity contribution in [1.29, 1.82) is 0 Å². The molecule has 1 aromatic heterocycles. The molecule has 0 bridgehead atoms. The number of hydrogen-bond acceptors (Lipinski definition) is 8. The van der Waals surface area contributed by atoms with E-state index in [0.717, 1.165) is 52.0 Å². The van der Waals surface area contributed by atoms with E-state index in [-0.39, 0.29) is 41.0 Å². The van der Waals surface area contributed by atoms with Crippen molar-refractivity contribution >= 4 is 17.4 Å². The maximum atomic E-state index is 14.4. The summed E-state index contributed by atoms with van der Waals surface area (Å²) in [5.41, 5.74) is 1.17. The molecule has 1 N–H and O–H groups in total. The second kappa shape index (κ2) is 14.7. The highest BCUT2D eigenvalue weighted by molar-refractivity contribution is 5.97. The number of rotatable bonds is 10. The topological polar surface area (TPSA) is 86.7 Å². The van der Waals surface area contributed by atoms with Gasteiger partial charge in [-0.1, -0.05) is 12.1 Å². The second-order valence-electron chi connectivity index (χ2n) is 14.5. The molecule has 0 unspecified atom stereocenters. The van der Waals surface area contributed by atoms with Crippen LogP contribution in [0.2, 0.25) is 0 Å². The van der Waals surface area contributed by atoms with Crippen molar-refractivity contribution in [2.45, 2.75) is 90.8 Å². The van der Waals surface area contributed by atoms with Crippen molar-refractivity contribution in [1.82, 2.24) is 25.0 Å². The highest BCUT2D eigenvalue weighted by atomic mass is 19.1. The molecule has 0 radical (unpaired) electrons. The van der Waals surface area contributed by atoms with Gasteiger partial charge in [0, 0.05) is 37.8 Å². The molecule has 2 aromatic carbocycles. The van der Waals surface area contributed by atoms with E-state index < -0.39 is 5.82 Å². The van der Waals surface area contributed by atoms with Crippen LogP contribution in [0, 0.1) is 23.0 Å². The number of likely N-dealkylation sites (tertiary alicyclic amines) is 1. The molecule has 3 fully saturated rings. The lowest BCUT2D eigenvalue weighted by Crippen LogP contribution is -2.45. The molecule has 9 nitrogen and oxygen atoms in total. The minimum absolute atomic E-state index is 0.0706. The summed E-state index contributed by atoms with van der Waals surface area (Å²) < 4.78 is 34.7. The fourth-order valence-corrected chi connectivity index (χ4v) is 8.03. The Morgan fingerprint density at radius 3 is 2.44 bits per heavy atom. The summed E-state index contributed by atoms with van der Waals surface area (Å²) in [6.07, 6.45) is 9.45. The molecule has 1 aliphatic carbocycles. The number of benzene rings is 2. The Labute approximate surface area is 283 Å². The highest BCUT2D eigenvalue weighted by Gasteiger charge is 2.39. The van der Waals surface area contributed by atoms with Crippen molar-refractivity contribution in [3.63, 3.8) is 0 Å². The van der Waals surface area contributed by atoms with E-state index >= 15 is 0 Å². The molecule has 1 atom stereocenters. The number of amides is 1. The molecule has 1 amide bonds. The Hall–Kier alpha value is -3.86. The van der Waals surface area contributed by atoms with E-state index in [0.29, 0.717) is 28.9 Å². The van der Waals surface area contributed by atoms with Gasteiger partial charge in [0.15, 0.2) is 5.82 Å². The Bertz CT molecular complexity index is 1540. The Morgan fingerprint density at radius 2 is 1.73 bits per heavy atom. The minimum Gasteiger partial charge on any atom is -0.434 e. The number of halogens is 2. The van der Waals surface area contributed by atoms with Gasteiger partial charge in [-0.2, -0.15) is 0 Å². The zero-order valence-corrected chi connectivity index (χ0v) is 28.7. The number of para-hydroxylation sites is 1. The van der Waals surface area contributed by atoms with E-state index in [9.17, 15) is 13.6 Å². The maximum absolute atomic E-state index is 14.4. The van der Waals surface area contributed by atoms with E-state index in [4.69, 9.17) is 4.74 Å². The molecule has 11 heteroatoms. The van der Waals surface area contributed by atoms with Gasteiger partial charge >= 0.3 is 0 Å². The molecule has 1 spiro atoms. The molecule has 3 aliphatic rings. The zero-order valence-electron chi connectivity index (χ0n) is 28.7. The van der Waals surface area contributed by atoms with Gasteiger partial charge < -0.3 is 24.8 Å². The molecule has 258 valence electrons. The molecule has 2 saturated heterocycles. The highest BCUT2D eigenvalue weighted by Crippen LogP contribution is 2.45. The van der Waals surface area contributed by atoms with Crippen molar-refractivity contribution in [3.05, 3.63) is 66.0 Å². The number of aromatic nitrogens is 3. The molecule has 2 aliphatic heterocycles. The van der Waals surface area contributed by atoms with Gasteiger partial charge in [-0.25, -0.2) is 13.8 Å². The summed E-state index contributed by atoms with van der Waals surface area (Å²) >= 11 is 0. The normalized spacial score (nSPS) is 20.1. The number of piperidine rings is 1. The summed E-state index contributed by atoms with van der Waals surface area (Å²) in [5.74, 6) is 0.515. The third-order valence-corrected chi connectivity index (χ3v) is 10.6. The van der Waals surface area contributed by atoms with Gasteiger partial charge in [0.1, 0.15) is 23.7 Å². The van der Waals surface area contributed by atoms with Crippen molar-refractivity contribution < 1.29 is 18.3 Å². The van der Waals surface area contributed by atoms with Crippen LogP contribution in [0.4, 0.5) is 20.3 Å². The largest absolute Gasteiger partial charge is 0.434 e. The number of carbonyl (C=O) groups is 1. The van der Waals surface area contributed by atoms with E-state index in [1.807, 2.05) is 39.8 Å². The predicted molar refractivity (Wildman–Crippen MR) is 183 cm³/mol. The first kappa shape index (κ1) is 34.0. The third kappa shape index (κ3) is 7.72. The quantitative estimate of drug-likeness (QED) is 0.245. The number of anilines is 2. The number of nitrogens with zero attached hydrogens (tertiary/aromatic N) is 6. The van der Waals surface area contributed by atoms with Crippen LogP contribution in [0.25, 0.3) is 0 Å². The molecular formula is C37H49F2N7O2. The zero-order chi connectivity index (χ0) is 33.8. The average Bonchev–Trinajstić information content (AvgIpc) is 3.53. The molecule has 48 heavy (non-hydrogen) atoms. The Kier molecular flexibility index (Phi) is 10.4. The van der Waals surface area contributed by atoms with Gasteiger partial charge in [0.2, 0.25) is 0 Å². The van der Waals surface area contributed by atoms with Gasteiger partial charge in [-0.15, -0.1) is 10.2 Å². The second-order valence-corrected chi connectivity index (χ2v) is 14.5. The number of carbonyl (C=O) groups excluding carboxylic acids is 1. The summed E-state index contributed by atoms with van der Waals surface area (Å²) in [6.45, 7) is 12.6. The fraction of sp³-hybridized carbons (Fsp3) is 0.568. The van der Waals surface area contributed by atoms with Gasteiger partial charge in [-0.3, -0.25) is 4.79 Å². The molecule has 3 heterocycles. The molecule has 3 aromatic rings. The van der Waals surface area contributed by atoms with E-state index in [2.05, 4.69) is 30.3 Å². The molecule has 1 saturated carbocycles. The van der Waals surface area contributed by atoms with Crippen molar-refractivity contribution in [3.8, 4) is 11.6 Å². The van der Waals surface area contributed by atoms with Crippen molar-refractivity contribution in [2.24, 2.45) is 11.3 Å². The monoisotopic (exact) mass is 661 g/mol. The minimum atomic E-state index is -0.508. The first-order valence-corrected chi connectivity index (χ1v) is 17.6. The van der Waals surface area contributed by atoms with Crippen LogP contribution in [-0.4, -0.2) is 81.7 Å². The fourth-order valence-electron chi connectivity index (χ4n) is 8.03. The summed E-state index contributed by atoms with van der Waals surface area (Å²) in [5, 5.41) is 11.7. The SMILES string of the molecule is CC(C)N(C(=O)c1cc(F)ccc1Oc1nncnc1N1CC[C@@H](CN2CCC3(CCC(Nc4ccccc4F)CC3)CC2)C1)C(C)C. The van der Waals surface area contributed by atoms with Gasteiger partial charge in [-0.05, 0) is 127 Å². The first-order chi connectivity index (χ1) is 23.1. The van der Waals surface area contributed by atoms with Crippen LogP contribution in [0.15, 0.2) is 48.8 Å². The lowest BCUT2D eigenvalue weighted by atomic mass is 9.67. The van der Waals surface area contributed by atoms with Crippen LogP contribution in [0.1, 0.15) is 83.0 Å². The van der Waals surface area contributed by atoms with Crippen LogP contribution in [-0.2, 0) is 0 Å². The molecular weight excluding hydrogens is 612 g/mol. The number of ether oxygens (including phenoxy) is 1. The number of hydrogen-bond donors (Lipinski definition) is 1. The van der Waals surface area contributed by atoms with Crippen LogP contribution < -0.4 is 15.0 Å². The Morgan fingerprint density at radius 1 is 1.00 bits per heavy atom. The van der Waals surface area contributed by atoms with Crippen LogP contribution in [0.5, 0.6) is 11.6 Å². The van der Waals surface area contributed by atoms with Gasteiger partial charge in [0.25, 0.3) is 11.8 Å². The first-order valence-electron chi connectivity index (χ1n) is 17.6. The summed E-state index contributed by atoms with van der Waals surface area (Å²) in [6, 6.07) is 11.1. The van der Waals surface area contributed by atoms with Crippen molar-refractivity contribution in [2.75, 3.05) is 42.9 Å². The van der Waals surface area contributed by atoms with Crippen LogP contribution in [0.3, 0.4) is 0 Å². The van der Waals surface area contributed by atoms with Gasteiger partial charge in [0.05, 0.1) is 11.3 Å². The van der Waals surface area contributed by atoms with E-state index in [1.165, 1.54) is 56.3 Å². The maximum Gasteiger partial charge on any atom is 0.282 e. The standard InChI is InChI=1S/C37H49F2N7O2/c1-25(2)46(26(3)4)36(47)30-21-28(38)9-10-33(30)48-35-34(40-24-41-43-35)45-18-13-27(23-45)22-44-19-16-37(17-20-44)14-11-29(12-15-37)42-32-8-6-5-7-31(32)39/h5-10,21,24-27,29,42H,11-20,22-23H2,1-4H3/t27-/m0/s1. The third-order valence-electron chi connectivity index (χ3n) is 10.6. The Balaban J connectivity index is 1.03.